The zero-order valence-electron chi connectivity index (χ0n) is 16.9. The van der Waals surface area contributed by atoms with Gasteiger partial charge >= 0.3 is 0 Å². The van der Waals surface area contributed by atoms with Crippen molar-refractivity contribution in [3.05, 3.63) is 35.6 Å². The predicted molar refractivity (Wildman–Crippen MR) is 111 cm³/mol. The summed E-state index contributed by atoms with van der Waals surface area (Å²) in [5.41, 5.74) is -0.518. The Morgan fingerprint density at radius 2 is 1.75 bits per heavy atom. The van der Waals surface area contributed by atoms with Crippen LogP contribution in [0.15, 0.2) is 24.3 Å². The van der Waals surface area contributed by atoms with Crippen molar-refractivity contribution in [1.82, 2.24) is 4.90 Å². The number of piperidine rings is 1. The van der Waals surface area contributed by atoms with Crippen LogP contribution in [-0.4, -0.2) is 40.7 Å². The number of ketones is 2. The van der Waals surface area contributed by atoms with Crippen LogP contribution in [-0.2, 0) is 14.4 Å². The van der Waals surface area contributed by atoms with Gasteiger partial charge in [-0.2, -0.15) is 0 Å². The highest BCUT2D eigenvalue weighted by atomic mass is 32.1. The fourth-order valence-corrected chi connectivity index (χ4v) is 4.07. The summed E-state index contributed by atoms with van der Waals surface area (Å²) in [6, 6.07) is 5.52. The summed E-state index contributed by atoms with van der Waals surface area (Å²) in [5, 5.41) is -0.490. The molecule has 0 bridgehead atoms. The summed E-state index contributed by atoms with van der Waals surface area (Å²) < 4.78 is 14.5. The van der Waals surface area contributed by atoms with Crippen LogP contribution in [0.1, 0.15) is 64.4 Å². The van der Waals surface area contributed by atoms with E-state index in [1.165, 1.54) is 6.07 Å². The molecule has 154 valence electrons. The smallest absolute Gasteiger partial charge is 0.203 e. The molecule has 1 fully saturated rings. The Balaban J connectivity index is 2.40. The quantitative estimate of drug-likeness (QED) is 0.493. The van der Waals surface area contributed by atoms with Gasteiger partial charge in [0.05, 0.1) is 5.92 Å². The van der Waals surface area contributed by atoms with E-state index in [0.29, 0.717) is 6.42 Å². The van der Waals surface area contributed by atoms with Gasteiger partial charge < -0.3 is 0 Å². The molecule has 0 saturated carbocycles. The van der Waals surface area contributed by atoms with Crippen LogP contribution < -0.4 is 0 Å². The minimum absolute atomic E-state index is 0.104. The second-order valence-electron chi connectivity index (χ2n) is 8.20. The topological polar surface area (TPSA) is 54.5 Å². The van der Waals surface area contributed by atoms with Gasteiger partial charge in [-0.3, -0.25) is 19.3 Å². The fraction of sp³-hybridized carbons (Fsp3) is 0.591. The maximum Gasteiger partial charge on any atom is 0.203 e. The number of carbonyl (C=O) groups excluding carboxylic acids is 3. The molecule has 1 aliphatic rings. The van der Waals surface area contributed by atoms with E-state index >= 15 is 0 Å². The van der Waals surface area contributed by atoms with Crippen molar-refractivity contribution in [1.29, 1.82) is 0 Å². The highest BCUT2D eigenvalue weighted by Crippen LogP contribution is 2.33. The van der Waals surface area contributed by atoms with E-state index in [2.05, 4.69) is 17.5 Å². The Bertz CT molecular complexity index is 728. The van der Waals surface area contributed by atoms with Crippen molar-refractivity contribution in [3.63, 3.8) is 0 Å². The summed E-state index contributed by atoms with van der Waals surface area (Å²) in [5.74, 6) is -2.33. The Morgan fingerprint density at radius 1 is 1.14 bits per heavy atom. The Hall–Kier alpha value is -1.53. The highest BCUT2D eigenvalue weighted by molar-refractivity contribution is 7.96. The number of likely N-dealkylation sites (tertiary alicyclic amines) is 1. The molecule has 1 aliphatic heterocycles. The predicted octanol–water partition coefficient (Wildman–Crippen LogP) is 4.18. The Labute approximate surface area is 172 Å². The lowest BCUT2D eigenvalue weighted by atomic mass is 9.80. The lowest BCUT2D eigenvalue weighted by Gasteiger charge is -2.38. The molecule has 0 N–H and O–H groups in total. The monoisotopic (exact) mass is 407 g/mol. The lowest BCUT2D eigenvalue weighted by molar-refractivity contribution is -0.142. The van der Waals surface area contributed by atoms with Crippen LogP contribution in [0.3, 0.4) is 0 Å². The summed E-state index contributed by atoms with van der Waals surface area (Å²) in [4.78, 5) is 40.0. The average molecular weight is 408 g/mol. The third kappa shape index (κ3) is 5.29. The zero-order valence-corrected chi connectivity index (χ0v) is 17.8. The van der Waals surface area contributed by atoms with Gasteiger partial charge in [0.1, 0.15) is 5.82 Å². The van der Waals surface area contributed by atoms with Gasteiger partial charge in [0.15, 0.2) is 5.12 Å². The lowest BCUT2D eigenvalue weighted by Crippen LogP contribution is -2.47. The van der Waals surface area contributed by atoms with Crippen molar-refractivity contribution in [3.8, 4) is 0 Å². The number of carbonyl (C=O) groups is 3. The minimum Gasteiger partial charge on any atom is -0.299 e. The number of Topliss-reactive ketones (excluding diaryl/α,β-unsaturated/α-hetero) is 2. The van der Waals surface area contributed by atoms with Gasteiger partial charge in [-0.1, -0.05) is 45.4 Å². The van der Waals surface area contributed by atoms with Gasteiger partial charge in [0.2, 0.25) is 11.6 Å². The van der Waals surface area contributed by atoms with E-state index in [0.717, 1.165) is 32.4 Å². The summed E-state index contributed by atoms with van der Waals surface area (Å²) in [6.07, 6.45) is 3.42. The Kier molecular flexibility index (Phi) is 7.96. The second-order valence-corrected chi connectivity index (χ2v) is 8.64. The maximum atomic E-state index is 14.5. The molecule has 0 aromatic heterocycles. The first-order valence-electron chi connectivity index (χ1n) is 9.98. The van der Waals surface area contributed by atoms with Crippen LogP contribution in [0.4, 0.5) is 4.39 Å². The standard InChI is InChI=1S/C22H30FNO3S/c1-4-22(2,3)20(26)18(25)14-17(24-12-8-5-9-13-24)19(21(27)28)15-10-6-7-11-16(15)23/h6-7,10-11,17,19H,4-5,8-9,12-14H2,1-3H3,(H,27,28). The molecule has 1 heterocycles. The van der Waals surface area contributed by atoms with Gasteiger partial charge in [0, 0.05) is 23.4 Å². The molecule has 28 heavy (non-hydrogen) atoms. The number of rotatable bonds is 9. The number of hydrogen-bond acceptors (Lipinski definition) is 4. The van der Waals surface area contributed by atoms with Crippen LogP contribution in [0.5, 0.6) is 0 Å². The number of nitrogens with zero attached hydrogens (tertiary/aromatic N) is 1. The van der Waals surface area contributed by atoms with Gasteiger partial charge in [-0.05, 0) is 38.4 Å². The van der Waals surface area contributed by atoms with E-state index in [1.54, 1.807) is 32.0 Å². The summed E-state index contributed by atoms with van der Waals surface area (Å²) in [7, 11) is 0. The molecule has 1 aromatic carbocycles. The molecular formula is C22H30FNO3S. The van der Waals surface area contributed by atoms with E-state index in [9.17, 15) is 18.8 Å². The van der Waals surface area contributed by atoms with Crippen molar-refractivity contribution in [2.75, 3.05) is 13.1 Å². The molecule has 0 aliphatic carbocycles. The summed E-state index contributed by atoms with van der Waals surface area (Å²) >= 11 is 4.03. The van der Waals surface area contributed by atoms with E-state index < -0.39 is 39.9 Å². The third-order valence-corrected chi connectivity index (χ3v) is 6.18. The molecule has 2 unspecified atom stereocenters. The zero-order chi connectivity index (χ0) is 20.9. The minimum atomic E-state index is -0.899. The maximum absolute atomic E-state index is 14.5. The van der Waals surface area contributed by atoms with Crippen molar-refractivity contribution >= 4 is 29.3 Å². The van der Waals surface area contributed by atoms with Crippen molar-refractivity contribution in [2.24, 2.45) is 5.41 Å². The normalized spacial score (nSPS) is 17.8. The molecule has 2 atom stereocenters. The first-order valence-corrected chi connectivity index (χ1v) is 10.4. The van der Waals surface area contributed by atoms with Crippen LogP contribution in [0, 0.1) is 11.2 Å². The fourth-order valence-electron chi connectivity index (χ4n) is 3.76. The second kappa shape index (κ2) is 9.79. The Morgan fingerprint density at radius 3 is 2.29 bits per heavy atom. The number of benzene rings is 1. The van der Waals surface area contributed by atoms with Crippen LogP contribution in [0.2, 0.25) is 0 Å². The van der Waals surface area contributed by atoms with E-state index in [4.69, 9.17) is 0 Å². The molecule has 0 spiro atoms. The largest absolute Gasteiger partial charge is 0.299 e. The molecule has 1 aromatic rings. The van der Waals surface area contributed by atoms with Gasteiger partial charge in [0.25, 0.3) is 0 Å². The van der Waals surface area contributed by atoms with Gasteiger partial charge in [-0.15, -0.1) is 12.6 Å². The van der Waals surface area contributed by atoms with E-state index in [1.807, 2.05) is 6.92 Å². The van der Waals surface area contributed by atoms with Gasteiger partial charge in [-0.25, -0.2) is 4.39 Å². The van der Waals surface area contributed by atoms with Crippen LogP contribution >= 0.6 is 12.6 Å². The SMILES string of the molecule is CCC(C)(C)C(=O)C(=O)CC(C(C(=O)S)c1ccccc1F)N1CCCCC1. The summed E-state index contributed by atoms with van der Waals surface area (Å²) in [6.45, 7) is 6.81. The molecule has 0 amide bonds. The molecule has 4 nitrogen and oxygen atoms in total. The molecule has 2 rings (SSSR count). The van der Waals surface area contributed by atoms with Crippen molar-refractivity contribution < 1.29 is 18.8 Å². The number of halogens is 1. The number of hydrogen-bond donors (Lipinski definition) is 1. The first kappa shape index (κ1) is 22.8. The number of thiol groups is 1. The van der Waals surface area contributed by atoms with Crippen LogP contribution in [0.25, 0.3) is 0 Å². The first-order chi connectivity index (χ1) is 13.2. The highest BCUT2D eigenvalue weighted by Gasteiger charge is 2.39. The van der Waals surface area contributed by atoms with Crippen molar-refractivity contribution in [2.45, 2.75) is 64.8 Å². The molecular weight excluding hydrogens is 377 g/mol. The molecule has 6 heteroatoms. The van der Waals surface area contributed by atoms with E-state index in [-0.39, 0.29) is 12.0 Å². The third-order valence-electron chi connectivity index (χ3n) is 5.90. The molecule has 1 saturated heterocycles. The average Bonchev–Trinajstić information content (AvgIpc) is 2.68. The molecule has 0 radical (unpaired) electrons.